The molecule has 3 aromatic carbocycles. The fourth-order valence-corrected chi connectivity index (χ4v) is 4.38. The van der Waals surface area contributed by atoms with Gasteiger partial charge in [0.2, 0.25) is 0 Å². The van der Waals surface area contributed by atoms with Gasteiger partial charge in [0, 0.05) is 11.1 Å². The Morgan fingerprint density at radius 3 is 2.12 bits per heavy atom. The van der Waals surface area contributed by atoms with E-state index in [4.69, 9.17) is 0 Å². The van der Waals surface area contributed by atoms with Gasteiger partial charge in [-0.1, -0.05) is 31.3 Å². The molecule has 3 aromatic rings. The third-order valence-electron chi connectivity index (χ3n) is 5.96. The van der Waals surface area contributed by atoms with Crippen LogP contribution in [0.25, 0.3) is 0 Å². The van der Waals surface area contributed by atoms with Crippen molar-refractivity contribution in [1.82, 2.24) is 0 Å². The van der Waals surface area contributed by atoms with Crippen LogP contribution in [0.15, 0.2) is 36.4 Å². The molecule has 0 saturated carbocycles. The van der Waals surface area contributed by atoms with Crippen molar-refractivity contribution in [3.05, 3.63) is 105 Å². The zero-order chi connectivity index (χ0) is 23.7. The van der Waals surface area contributed by atoms with Crippen LogP contribution in [0.2, 0.25) is 0 Å². The first-order chi connectivity index (χ1) is 15.8. The topological polar surface area (TPSA) is 0 Å². The van der Waals surface area contributed by atoms with Gasteiger partial charge in [0.15, 0.2) is 17.5 Å². The van der Waals surface area contributed by atoms with E-state index in [2.05, 4.69) is 11.8 Å². The van der Waals surface area contributed by atoms with Crippen molar-refractivity contribution in [2.75, 3.05) is 0 Å². The molecule has 0 aliphatic heterocycles. The molecule has 33 heavy (non-hydrogen) atoms. The fraction of sp³-hybridized carbons (Fsp3) is 0.259. The van der Waals surface area contributed by atoms with Gasteiger partial charge in [-0.25, -0.2) is 26.3 Å². The van der Waals surface area contributed by atoms with Crippen LogP contribution >= 0.6 is 0 Å². The highest BCUT2D eigenvalue weighted by Gasteiger charge is 2.28. The molecule has 0 spiro atoms. The molecule has 0 fully saturated rings. The van der Waals surface area contributed by atoms with Gasteiger partial charge in [-0.2, -0.15) is 0 Å². The summed E-state index contributed by atoms with van der Waals surface area (Å²) >= 11 is 0. The zero-order valence-electron chi connectivity index (χ0n) is 17.8. The van der Waals surface area contributed by atoms with Crippen molar-refractivity contribution in [2.45, 2.75) is 44.9 Å². The molecule has 0 nitrogen and oxygen atoms in total. The van der Waals surface area contributed by atoms with Crippen LogP contribution in [0.1, 0.15) is 59.1 Å². The van der Waals surface area contributed by atoms with Crippen LogP contribution in [0, 0.1) is 46.7 Å². The minimum absolute atomic E-state index is 0.0265. The van der Waals surface area contributed by atoms with Crippen molar-refractivity contribution in [1.29, 1.82) is 0 Å². The second-order valence-electron chi connectivity index (χ2n) is 8.23. The fourth-order valence-electron chi connectivity index (χ4n) is 4.38. The molecular formula is C27H20F6. The van der Waals surface area contributed by atoms with Gasteiger partial charge in [0.25, 0.3) is 0 Å². The molecule has 0 saturated heterocycles. The Morgan fingerprint density at radius 2 is 1.48 bits per heavy atom. The molecule has 0 radical (unpaired) electrons. The lowest BCUT2D eigenvalue weighted by Crippen LogP contribution is -2.17. The molecular weight excluding hydrogens is 438 g/mol. The van der Waals surface area contributed by atoms with Gasteiger partial charge in [-0.15, -0.1) is 0 Å². The van der Waals surface area contributed by atoms with Gasteiger partial charge in [-0.05, 0) is 78.6 Å². The van der Waals surface area contributed by atoms with E-state index in [0.29, 0.717) is 29.5 Å². The Kier molecular flexibility index (Phi) is 6.51. The SMILES string of the molecule is CCCc1cc(F)c(C2CCc3c(ccc(C#Cc4cc(F)c(F)c(F)c4)c3F)C2)c(F)c1. The molecule has 170 valence electrons. The second-order valence-corrected chi connectivity index (χ2v) is 8.23. The second kappa shape index (κ2) is 9.35. The summed E-state index contributed by atoms with van der Waals surface area (Å²) in [5, 5.41) is 0. The van der Waals surface area contributed by atoms with Gasteiger partial charge < -0.3 is 0 Å². The number of rotatable bonds is 3. The summed E-state index contributed by atoms with van der Waals surface area (Å²) in [5.41, 5.74) is 1.61. The van der Waals surface area contributed by atoms with Crippen molar-refractivity contribution in [2.24, 2.45) is 0 Å². The molecule has 0 amide bonds. The highest BCUT2D eigenvalue weighted by Crippen LogP contribution is 2.37. The van der Waals surface area contributed by atoms with E-state index in [1.165, 1.54) is 18.2 Å². The summed E-state index contributed by atoms with van der Waals surface area (Å²) in [6.07, 6.45) is 2.31. The first-order valence-corrected chi connectivity index (χ1v) is 10.7. The normalized spacial score (nSPS) is 15.1. The summed E-state index contributed by atoms with van der Waals surface area (Å²) in [6.45, 7) is 1.94. The molecule has 4 rings (SSSR count). The van der Waals surface area contributed by atoms with Crippen LogP contribution in [-0.2, 0) is 19.3 Å². The lowest BCUT2D eigenvalue weighted by molar-refractivity contribution is 0.446. The molecule has 0 aromatic heterocycles. The van der Waals surface area contributed by atoms with E-state index in [1.54, 1.807) is 6.07 Å². The van der Waals surface area contributed by atoms with Crippen LogP contribution in [0.4, 0.5) is 26.3 Å². The number of benzene rings is 3. The highest BCUT2D eigenvalue weighted by atomic mass is 19.2. The maximum absolute atomic E-state index is 15.0. The summed E-state index contributed by atoms with van der Waals surface area (Å²) < 4.78 is 84.2. The molecule has 0 N–H and O–H groups in total. The Balaban J connectivity index is 1.60. The third kappa shape index (κ3) is 4.64. The predicted octanol–water partition coefficient (Wildman–Crippen LogP) is 7.15. The van der Waals surface area contributed by atoms with Gasteiger partial charge in [-0.3, -0.25) is 0 Å². The molecule has 6 heteroatoms. The van der Waals surface area contributed by atoms with Crippen LogP contribution < -0.4 is 0 Å². The number of hydrogen-bond acceptors (Lipinski definition) is 0. The molecule has 1 aliphatic rings. The quantitative estimate of drug-likeness (QED) is 0.222. The average molecular weight is 458 g/mol. The maximum atomic E-state index is 15.0. The molecule has 1 unspecified atom stereocenters. The molecule has 1 aliphatic carbocycles. The van der Waals surface area contributed by atoms with Crippen molar-refractivity contribution < 1.29 is 26.3 Å². The van der Waals surface area contributed by atoms with E-state index in [9.17, 15) is 22.0 Å². The van der Waals surface area contributed by atoms with Crippen LogP contribution in [-0.4, -0.2) is 0 Å². The Morgan fingerprint density at radius 1 is 0.818 bits per heavy atom. The first-order valence-electron chi connectivity index (χ1n) is 10.7. The Labute approximate surface area is 188 Å². The monoisotopic (exact) mass is 458 g/mol. The van der Waals surface area contributed by atoms with Crippen molar-refractivity contribution in [3.63, 3.8) is 0 Å². The summed E-state index contributed by atoms with van der Waals surface area (Å²) in [4.78, 5) is 0. The van der Waals surface area contributed by atoms with E-state index < -0.39 is 40.8 Å². The highest BCUT2D eigenvalue weighted by molar-refractivity contribution is 5.48. The van der Waals surface area contributed by atoms with Crippen LogP contribution in [0.5, 0.6) is 0 Å². The largest absolute Gasteiger partial charge is 0.207 e. The smallest absolute Gasteiger partial charge is 0.194 e. The predicted molar refractivity (Wildman–Crippen MR) is 114 cm³/mol. The number of aryl methyl sites for hydroxylation is 1. The van der Waals surface area contributed by atoms with E-state index in [1.807, 2.05) is 6.92 Å². The lowest BCUT2D eigenvalue weighted by atomic mass is 9.79. The summed E-state index contributed by atoms with van der Waals surface area (Å²) in [6, 6.07) is 7.30. The standard InChI is InChI=1S/C27H20F6/c1-2-3-15-10-21(28)25(22(29)11-15)19-8-9-20-18(14-19)7-6-17(26(20)32)5-4-16-12-23(30)27(33)24(31)13-16/h6-7,10-13,19H,2-3,8-9,14H2,1H3. The minimum Gasteiger partial charge on any atom is -0.207 e. The van der Waals surface area contributed by atoms with E-state index >= 15 is 4.39 Å². The lowest BCUT2D eigenvalue weighted by Gasteiger charge is -2.26. The molecule has 0 bridgehead atoms. The number of hydrogen-bond donors (Lipinski definition) is 0. The van der Waals surface area contributed by atoms with Gasteiger partial charge in [0.1, 0.15) is 17.5 Å². The van der Waals surface area contributed by atoms with Crippen LogP contribution in [0.3, 0.4) is 0 Å². The van der Waals surface area contributed by atoms with Crippen molar-refractivity contribution >= 4 is 0 Å². The summed E-state index contributed by atoms with van der Waals surface area (Å²) in [5.74, 6) is -1.50. The maximum Gasteiger partial charge on any atom is 0.194 e. The summed E-state index contributed by atoms with van der Waals surface area (Å²) in [7, 11) is 0. The Hall–Kier alpha value is -3.20. The number of halogens is 6. The van der Waals surface area contributed by atoms with E-state index in [-0.39, 0.29) is 29.5 Å². The molecule has 1 atom stereocenters. The minimum atomic E-state index is -1.59. The van der Waals surface area contributed by atoms with E-state index in [0.717, 1.165) is 18.6 Å². The Bertz CT molecular complexity index is 1240. The first kappa shape index (κ1) is 23.0. The third-order valence-corrected chi connectivity index (χ3v) is 5.96. The average Bonchev–Trinajstić information content (AvgIpc) is 2.76. The molecule has 0 heterocycles. The van der Waals surface area contributed by atoms with Crippen molar-refractivity contribution in [3.8, 4) is 11.8 Å². The number of fused-ring (bicyclic) bond motifs is 1. The van der Waals surface area contributed by atoms with Gasteiger partial charge in [0.05, 0.1) is 5.56 Å². The van der Waals surface area contributed by atoms with Gasteiger partial charge >= 0.3 is 0 Å². The zero-order valence-corrected chi connectivity index (χ0v) is 17.8.